The third-order valence-electron chi connectivity index (χ3n) is 4.65. The summed E-state index contributed by atoms with van der Waals surface area (Å²) in [6, 6.07) is 10.4. The van der Waals surface area contributed by atoms with Crippen LogP contribution in [0.5, 0.6) is 5.75 Å². The first kappa shape index (κ1) is 16.4. The number of fused-ring (bicyclic) bond motifs is 1. The Bertz CT molecular complexity index is 862. The largest absolute Gasteiger partial charge is 0.475 e. The van der Waals surface area contributed by atoms with Crippen molar-refractivity contribution in [2.75, 3.05) is 4.90 Å². The fourth-order valence-corrected chi connectivity index (χ4v) is 3.60. The van der Waals surface area contributed by atoms with Crippen LogP contribution in [0, 0.1) is 0 Å². The Morgan fingerprint density at radius 1 is 1.12 bits per heavy atom. The molecule has 1 aliphatic heterocycles. The lowest BCUT2D eigenvalue weighted by atomic mass is 9.77. The van der Waals surface area contributed by atoms with Gasteiger partial charge in [-0.1, -0.05) is 22.0 Å². The Labute approximate surface area is 150 Å². The molecule has 0 saturated heterocycles. The van der Waals surface area contributed by atoms with Crippen LogP contribution in [-0.2, 0) is 11.0 Å². The highest BCUT2D eigenvalue weighted by Crippen LogP contribution is 2.50. The predicted molar refractivity (Wildman–Crippen MR) is 89.9 cm³/mol. The number of ether oxygens (including phenoxy) is 1. The number of hydrogen-bond acceptors (Lipinski definition) is 2. The summed E-state index contributed by atoms with van der Waals surface area (Å²) >= 11 is 3.37. The van der Waals surface area contributed by atoms with E-state index < -0.39 is 17.3 Å². The molecule has 1 fully saturated rings. The minimum atomic E-state index is -4.47. The zero-order valence-electron chi connectivity index (χ0n) is 12.9. The van der Waals surface area contributed by atoms with Crippen molar-refractivity contribution in [1.29, 1.82) is 0 Å². The monoisotopic (exact) mass is 411 g/mol. The molecule has 1 heterocycles. The molecule has 7 heteroatoms. The Morgan fingerprint density at radius 3 is 2.48 bits per heavy atom. The Balaban J connectivity index is 1.88. The maximum absolute atomic E-state index is 13.1. The number of rotatable bonds is 1. The van der Waals surface area contributed by atoms with Crippen molar-refractivity contribution < 1.29 is 22.7 Å². The Morgan fingerprint density at radius 2 is 1.88 bits per heavy atom. The molecule has 1 spiro atoms. The Kier molecular flexibility index (Phi) is 3.61. The summed E-state index contributed by atoms with van der Waals surface area (Å²) in [4.78, 5) is 14.5. The molecule has 3 nitrogen and oxygen atoms in total. The second-order valence-electron chi connectivity index (χ2n) is 6.25. The number of carbonyl (C=O) groups is 1. The van der Waals surface area contributed by atoms with Gasteiger partial charge in [0.25, 0.3) is 5.91 Å². The second-order valence-corrected chi connectivity index (χ2v) is 7.17. The first-order valence-electron chi connectivity index (χ1n) is 7.81. The van der Waals surface area contributed by atoms with Crippen molar-refractivity contribution in [2.24, 2.45) is 0 Å². The van der Waals surface area contributed by atoms with E-state index in [1.54, 1.807) is 18.2 Å². The first-order chi connectivity index (χ1) is 11.8. The summed E-state index contributed by atoms with van der Waals surface area (Å²) < 4.78 is 45.7. The zero-order chi connectivity index (χ0) is 17.8. The number of hydrogen-bond donors (Lipinski definition) is 0. The molecule has 1 amide bonds. The van der Waals surface area contributed by atoms with Gasteiger partial charge in [0.1, 0.15) is 5.75 Å². The van der Waals surface area contributed by atoms with Crippen molar-refractivity contribution in [3.63, 3.8) is 0 Å². The van der Waals surface area contributed by atoms with Crippen molar-refractivity contribution in [3.05, 3.63) is 52.5 Å². The van der Waals surface area contributed by atoms with Gasteiger partial charge in [-0.25, -0.2) is 0 Å². The fraction of sp³-hybridized carbons (Fsp3) is 0.278. The van der Waals surface area contributed by atoms with Crippen LogP contribution in [-0.4, -0.2) is 11.5 Å². The van der Waals surface area contributed by atoms with Crippen LogP contribution in [0.25, 0.3) is 0 Å². The normalized spacial score (nSPS) is 18.6. The number of amides is 1. The summed E-state index contributed by atoms with van der Waals surface area (Å²) in [5.41, 5.74) is -0.924. The smallest absolute Gasteiger partial charge is 0.416 e. The number of anilines is 2. The molecule has 130 valence electrons. The van der Waals surface area contributed by atoms with Crippen molar-refractivity contribution in [3.8, 4) is 5.75 Å². The number of benzene rings is 2. The van der Waals surface area contributed by atoms with Gasteiger partial charge in [0.05, 0.1) is 16.9 Å². The van der Waals surface area contributed by atoms with Gasteiger partial charge in [-0.15, -0.1) is 0 Å². The minimum absolute atomic E-state index is 0.0918. The van der Waals surface area contributed by atoms with E-state index in [4.69, 9.17) is 4.74 Å². The van der Waals surface area contributed by atoms with Gasteiger partial charge in [-0.05, 0) is 55.7 Å². The molecule has 0 unspecified atom stereocenters. The predicted octanol–water partition coefficient (Wildman–Crippen LogP) is 5.45. The molecule has 0 radical (unpaired) electrons. The molecule has 0 bridgehead atoms. The highest BCUT2D eigenvalue weighted by Gasteiger charge is 2.53. The van der Waals surface area contributed by atoms with E-state index in [0.29, 0.717) is 24.2 Å². The van der Waals surface area contributed by atoms with E-state index in [2.05, 4.69) is 15.9 Å². The lowest BCUT2D eigenvalue weighted by Gasteiger charge is -2.47. The van der Waals surface area contributed by atoms with Crippen LogP contribution in [0.3, 0.4) is 0 Å². The molecule has 1 saturated carbocycles. The van der Waals surface area contributed by atoms with E-state index in [1.165, 1.54) is 11.0 Å². The lowest BCUT2D eigenvalue weighted by molar-refractivity contribution is -0.142. The summed E-state index contributed by atoms with van der Waals surface area (Å²) in [5.74, 6) is -0.141. The van der Waals surface area contributed by atoms with E-state index in [0.717, 1.165) is 23.0 Å². The van der Waals surface area contributed by atoms with E-state index in [9.17, 15) is 18.0 Å². The molecular formula is C18H13BrF3NO2. The zero-order valence-corrected chi connectivity index (χ0v) is 14.5. The molecule has 0 aromatic heterocycles. The van der Waals surface area contributed by atoms with Crippen LogP contribution in [0.15, 0.2) is 46.9 Å². The van der Waals surface area contributed by atoms with Gasteiger partial charge >= 0.3 is 6.18 Å². The van der Waals surface area contributed by atoms with Crippen LogP contribution in [0.4, 0.5) is 24.5 Å². The second kappa shape index (κ2) is 5.49. The molecule has 1 aliphatic carbocycles. The number of carbonyl (C=O) groups excluding carboxylic acids is 1. The average Bonchev–Trinajstić information content (AvgIpc) is 2.51. The first-order valence-corrected chi connectivity index (χ1v) is 8.60. The molecule has 2 aromatic rings. The standard InChI is InChI=1S/C18H13BrF3NO2/c19-12-3-1-4-13(10-12)23-14-6-5-11(18(20,21)22)9-15(14)25-17(16(23)24)7-2-8-17/h1,3-6,9-10H,2,7-8H2. The third kappa shape index (κ3) is 2.61. The van der Waals surface area contributed by atoms with Gasteiger partial charge < -0.3 is 4.74 Å². The van der Waals surface area contributed by atoms with E-state index in [-0.39, 0.29) is 11.7 Å². The highest BCUT2D eigenvalue weighted by atomic mass is 79.9. The van der Waals surface area contributed by atoms with Crippen molar-refractivity contribution in [2.45, 2.75) is 31.0 Å². The van der Waals surface area contributed by atoms with Crippen molar-refractivity contribution in [1.82, 2.24) is 0 Å². The fourth-order valence-electron chi connectivity index (χ4n) is 3.21. The Hall–Kier alpha value is -2.02. The summed E-state index contributed by atoms with van der Waals surface area (Å²) in [6.45, 7) is 0. The topological polar surface area (TPSA) is 29.5 Å². The maximum atomic E-state index is 13.1. The maximum Gasteiger partial charge on any atom is 0.416 e. The lowest BCUT2D eigenvalue weighted by Crippen LogP contribution is -2.58. The third-order valence-corrected chi connectivity index (χ3v) is 5.15. The quantitative estimate of drug-likeness (QED) is 0.624. The molecule has 2 aromatic carbocycles. The van der Waals surface area contributed by atoms with Crippen LogP contribution in [0.2, 0.25) is 0 Å². The summed E-state index contributed by atoms with van der Waals surface area (Å²) in [6.07, 6.45) is -2.64. The van der Waals surface area contributed by atoms with Gasteiger partial charge in [-0.2, -0.15) is 13.2 Å². The molecule has 0 N–H and O–H groups in total. The number of alkyl halides is 3. The number of halogens is 4. The SMILES string of the molecule is O=C1N(c2cccc(Br)c2)c2ccc(C(F)(F)F)cc2OC12CCC2. The van der Waals surface area contributed by atoms with Crippen LogP contribution >= 0.6 is 15.9 Å². The molecule has 25 heavy (non-hydrogen) atoms. The van der Waals surface area contributed by atoms with Gasteiger partial charge in [0, 0.05) is 4.47 Å². The number of nitrogens with zero attached hydrogens (tertiary/aromatic N) is 1. The molecular weight excluding hydrogens is 399 g/mol. The van der Waals surface area contributed by atoms with E-state index in [1.807, 2.05) is 6.07 Å². The molecule has 2 aliphatic rings. The van der Waals surface area contributed by atoms with Gasteiger partial charge in [0.2, 0.25) is 0 Å². The highest BCUT2D eigenvalue weighted by molar-refractivity contribution is 9.10. The summed E-state index contributed by atoms with van der Waals surface area (Å²) in [5, 5.41) is 0. The molecule has 0 atom stereocenters. The van der Waals surface area contributed by atoms with Crippen molar-refractivity contribution >= 4 is 33.2 Å². The van der Waals surface area contributed by atoms with E-state index >= 15 is 0 Å². The van der Waals surface area contributed by atoms with Crippen LogP contribution in [0.1, 0.15) is 24.8 Å². The van der Waals surface area contributed by atoms with Gasteiger partial charge in [-0.3, -0.25) is 9.69 Å². The van der Waals surface area contributed by atoms with Gasteiger partial charge in [0.15, 0.2) is 5.60 Å². The van der Waals surface area contributed by atoms with Crippen LogP contribution < -0.4 is 9.64 Å². The average molecular weight is 412 g/mol. The molecule has 4 rings (SSSR count). The summed E-state index contributed by atoms with van der Waals surface area (Å²) in [7, 11) is 0. The minimum Gasteiger partial charge on any atom is -0.475 e.